The van der Waals surface area contributed by atoms with Gasteiger partial charge in [0.15, 0.2) is 0 Å². The van der Waals surface area contributed by atoms with Crippen molar-refractivity contribution in [2.75, 3.05) is 0 Å². The molecule has 0 amide bonds. The molecule has 0 bridgehead atoms. The lowest BCUT2D eigenvalue weighted by Gasteiger charge is -2.14. The van der Waals surface area contributed by atoms with Crippen molar-refractivity contribution in [3.8, 4) is 0 Å². The molecule has 1 unspecified atom stereocenters. The van der Waals surface area contributed by atoms with E-state index in [1.807, 2.05) is 0 Å². The number of hydrogen-bond donors (Lipinski definition) is 1. The highest BCUT2D eigenvalue weighted by Gasteiger charge is 2.18. The zero-order valence-corrected chi connectivity index (χ0v) is 13.8. The molecule has 2 aromatic carbocycles. The quantitative estimate of drug-likeness (QED) is 0.635. The molecule has 23 heavy (non-hydrogen) atoms. The van der Waals surface area contributed by atoms with Crippen molar-refractivity contribution in [2.24, 2.45) is 0 Å². The molecule has 8 heteroatoms. The highest BCUT2D eigenvalue weighted by Crippen LogP contribution is 2.19. The minimum atomic E-state index is -3.64. The van der Waals surface area contributed by atoms with Crippen molar-refractivity contribution in [3.05, 3.63) is 74.8 Å². The van der Waals surface area contributed by atoms with Crippen LogP contribution in [0.25, 0.3) is 0 Å². The molecule has 0 heterocycles. The summed E-state index contributed by atoms with van der Waals surface area (Å²) in [6.45, 7) is 1.72. The van der Waals surface area contributed by atoms with Crippen molar-refractivity contribution in [1.29, 1.82) is 0 Å². The fourth-order valence-corrected chi connectivity index (χ4v) is 3.61. The van der Waals surface area contributed by atoms with Gasteiger partial charge in [-0.1, -0.05) is 35.9 Å². The molecule has 0 aliphatic rings. The third kappa shape index (κ3) is 5.02. The highest BCUT2D eigenvalue weighted by molar-refractivity contribution is 7.88. The summed E-state index contributed by atoms with van der Waals surface area (Å²) in [7, 11) is -3.64. The minimum Gasteiger partial charge on any atom is -0.258 e. The Labute approximate surface area is 139 Å². The van der Waals surface area contributed by atoms with Gasteiger partial charge in [0.05, 0.1) is 10.7 Å². The summed E-state index contributed by atoms with van der Waals surface area (Å²) in [6, 6.07) is 12.0. The zero-order valence-electron chi connectivity index (χ0n) is 12.3. The van der Waals surface area contributed by atoms with Crippen LogP contribution in [0.2, 0.25) is 5.02 Å². The van der Waals surface area contributed by atoms with Crippen LogP contribution in [0.4, 0.5) is 5.69 Å². The van der Waals surface area contributed by atoms with Crippen LogP contribution in [0.5, 0.6) is 0 Å². The average Bonchev–Trinajstić information content (AvgIpc) is 2.47. The molecule has 2 aromatic rings. The van der Waals surface area contributed by atoms with Gasteiger partial charge in [-0.3, -0.25) is 10.1 Å². The van der Waals surface area contributed by atoms with Gasteiger partial charge in [-0.25, -0.2) is 13.1 Å². The lowest BCUT2D eigenvalue weighted by Crippen LogP contribution is -2.28. The topological polar surface area (TPSA) is 89.3 Å². The Morgan fingerprint density at radius 3 is 2.48 bits per heavy atom. The molecule has 0 aromatic heterocycles. The largest absolute Gasteiger partial charge is 0.269 e. The summed E-state index contributed by atoms with van der Waals surface area (Å²) in [5, 5.41) is 11.3. The number of non-ortho nitro benzene ring substituents is 1. The number of nitrogens with zero attached hydrogens (tertiary/aromatic N) is 1. The van der Waals surface area contributed by atoms with Crippen LogP contribution in [0.3, 0.4) is 0 Å². The second kappa shape index (κ2) is 7.08. The normalized spacial score (nSPS) is 12.8. The second-order valence-electron chi connectivity index (χ2n) is 5.08. The Balaban J connectivity index is 2.11. The van der Waals surface area contributed by atoms with Gasteiger partial charge >= 0.3 is 0 Å². The number of hydrogen-bond acceptors (Lipinski definition) is 4. The van der Waals surface area contributed by atoms with Crippen LogP contribution in [-0.4, -0.2) is 13.3 Å². The molecular formula is C15H15ClN2O4S. The monoisotopic (exact) mass is 354 g/mol. The maximum absolute atomic E-state index is 12.2. The first-order valence-corrected chi connectivity index (χ1v) is 8.79. The van der Waals surface area contributed by atoms with Gasteiger partial charge in [0.1, 0.15) is 0 Å². The summed E-state index contributed by atoms with van der Waals surface area (Å²) in [5.41, 5.74) is 0.996. The molecular weight excluding hydrogens is 340 g/mol. The van der Waals surface area contributed by atoms with E-state index in [9.17, 15) is 18.5 Å². The Bertz CT molecular complexity index is 806. The molecule has 6 nitrogen and oxygen atoms in total. The first-order valence-electron chi connectivity index (χ1n) is 6.75. The summed E-state index contributed by atoms with van der Waals surface area (Å²) in [4.78, 5) is 10.2. The van der Waals surface area contributed by atoms with Crippen molar-refractivity contribution in [2.45, 2.75) is 18.7 Å². The van der Waals surface area contributed by atoms with Gasteiger partial charge in [-0.2, -0.15) is 0 Å². The van der Waals surface area contributed by atoms with Gasteiger partial charge in [-0.15, -0.1) is 0 Å². The van der Waals surface area contributed by atoms with Crippen molar-refractivity contribution in [3.63, 3.8) is 0 Å². The fraction of sp³-hybridized carbons (Fsp3) is 0.200. The molecule has 2 rings (SSSR count). The van der Waals surface area contributed by atoms with E-state index in [0.29, 0.717) is 10.6 Å². The molecule has 0 aliphatic carbocycles. The van der Waals surface area contributed by atoms with Crippen LogP contribution in [0, 0.1) is 10.1 Å². The molecule has 1 atom stereocenters. The lowest BCUT2D eigenvalue weighted by atomic mass is 10.1. The molecule has 0 aliphatic heterocycles. The van der Waals surface area contributed by atoms with Crippen molar-refractivity contribution in [1.82, 2.24) is 4.72 Å². The lowest BCUT2D eigenvalue weighted by molar-refractivity contribution is -0.384. The predicted octanol–water partition coefficient (Wildman–Crippen LogP) is 3.43. The van der Waals surface area contributed by atoms with Crippen LogP contribution < -0.4 is 4.72 Å². The molecule has 0 spiro atoms. The molecule has 0 saturated carbocycles. The molecule has 1 N–H and O–H groups in total. The van der Waals surface area contributed by atoms with Crippen molar-refractivity contribution < 1.29 is 13.3 Å². The van der Waals surface area contributed by atoms with Gasteiger partial charge in [0.2, 0.25) is 10.0 Å². The number of nitro groups is 1. The second-order valence-corrected chi connectivity index (χ2v) is 7.27. The Morgan fingerprint density at radius 1 is 1.22 bits per heavy atom. The van der Waals surface area contributed by atoms with E-state index in [2.05, 4.69) is 4.72 Å². The molecule has 0 radical (unpaired) electrons. The summed E-state index contributed by atoms with van der Waals surface area (Å²) in [6.07, 6.45) is 0. The van der Waals surface area contributed by atoms with Crippen LogP contribution in [-0.2, 0) is 15.8 Å². The number of sulfonamides is 1. The molecule has 0 saturated heterocycles. The third-order valence-corrected chi connectivity index (χ3v) is 4.88. The van der Waals surface area contributed by atoms with Crippen LogP contribution in [0.1, 0.15) is 24.1 Å². The highest BCUT2D eigenvalue weighted by atomic mass is 35.5. The Hall–Kier alpha value is -1.96. The maximum atomic E-state index is 12.2. The SMILES string of the molecule is CC(NS(=O)(=O)Cc1cccc([N+](=O)[O-])c1)c1ccc(Cl)cc1. The summed E-state index contributed by atoms with van der Waals surface area (Å²) < 4.78 is 27.0. The third-order valence-electron chi connectivity index (χ3n) is 3.20. The smallest absolute Gasteiger partial charge is 0.258 e. The Morgan fingerprint density at radius 2 is 1.87 bits per heavy atom. The minimum absolute atomic E-state index is 0.136. The predicted molar refractivity (Wildman–Crippen MR) is 88.7 cm³/mol. The van der Waals surface area contributed by atoms with E-state index >= 15 is 0 Å². The summed E-state index contributed by atoms with van der Waals surface area (Å²) in [5.74, 6) is -0.327. The molecule has 0 fully saturated rings. The van der Waals surface area contributed by atoms with Crippen LogP contribution in [0.15, 0.2) is 48.5 Å². The van der Waals surface area contributed by atoms with Gasteiger partial charge in [0.25, 0.3) is 5.69 Å². The van der Waals surface area contributed by atoms with E-state index < -0.39 is 21.0 Å². The first-order chi connectivity index (χ1) is 10.8. The van der Waals surface area contributed by atoms with Gasteiger partial charge < -0.3 is 0 Å². The Kier molecular flexibility index (Phi) is 5.35. The number of nitrogens with one attached hydrogen (secondary N) is 1. The van der Waals surface area contributed by atoms with Gasteiger partial charge in [-0.05, 0) is 30.2 Å². The first kappa shape index (κ1) is 17.4. The maximum Gasteiger partial charge on any atom is 0.269 e. The van der Waals surface area contributed by atoms with Gasteiger partial charge in [0, 0.05) is 23.2 Å². The standard InChI is InChI=1S/C15H15ClN2O4S/c1-11(13-5-7-14(16)8-6-13)17-23(21,22)10-12-3-2-4-15(9-12)18(19)20/h2-9,11,17H,10H2,1H3. The van der Waals surface area contributed by atoms with E-state index in [4.69, 9.17) is 11.6 Å². The van der Waals surface area contributed by atoms with E-state index in [-0.39, 0.29) is 11.4 Å². The van der Waals surface area contributed by atoms with E-state index in [0.717, 1.165) is 5.56 Å². The number of benzene rings is 2. The number of rotatable bonds is 6. The number of halogens is 1. The molecule has 122 valence electrons. The van der Waals surface area contributed by atoms with E-state index in [1.165, 1.54) is 18.2 Å². The zero-order chi connectivity index (χ0) is 17.0. The fourth-order valence-electron chi connectivity index (χ4n) is 2.11. The number of nitro benzene ring substituents is 1. The van der Waals surface area contributed by atoms with Crippen molar-refractivity contribution >= 4 is 27.3 Å². The average molecular weight is 355 g/mol. The summed E-state index contributed by atoms with van der Waals surface area (Å²) >= 11 is 5.80. The van der Waals surface area contributed by atoms with E-state index in [1.54, 1.807) is 37.3 Å². The van der Waals surface area contributed by atoms with Crippen LogP contribution >= 0.6 is 11.6 Å².